The van der Waals surface area contributed by atoms with E-state index in [-0.39, 0.29) is 29.2 Å². The maximum absolute atomic E-state index is 14.4. The second-order valence-electron chi connectivity index (χ2n) is 10.2. The van der Waals surface area contributed by atoms with Crippen molar-refractivity contribution in [3.63, 3.8) is 0 Å². The molecule has 0 fully saturated rings. The van der Waals surface area contributed by atoms with Gasteiger partial charge in [0, 0.05) is 36.7 Å². The number of benzene rings is 4. The molecule has 4 rings (SSSR count). The minimum Gasteiger partial charge on any atom is -0.354 e. The van der Waals surface area contributed by atoms with Gasteiger partial charge in [-0.15, -0.1) is 0 Å². The molecule has 234 valence electrons. The molecule has 0 aromatic heterocycles. The molecule has 4 aromatic carbocycles. The lowest BCUT2D eigenvalue weighted by molar-refractivity contribution is -0.384. The number of rotatable bonds is 14. The molecular weight excluding hydrogens is 616 g/mol. The van der Waals surface area contributed by atoms with Crippen LogP contribution in [0, 0.1) is 10.1 Å². The lowest BCUT2D eigenvalue weighted by atomic mass is 10.0. The molecule has 1 N–H and O–H groups in total. The number of anilines is 1. The van der Waals surface area contributed by atoms with E-state index in [0.29, 0.717) is 23.6 Å². The van der Waals surface area contributed by atoms with Gasteiger partial charge in [0.1, 0.15) is 12.6 Å². The molecule has 10 nitrogen and oxygen atoms in total. The van der Waals surface area contributed by atoms with Gasteiger partial charge < -0.3 is 10.2 Å². The van der Waals surface area contributed by atoms with Crippen LogP contribution in [0.15, 0.2) is 114 Å². The predicted molar refractivity (Wildman–Crippen MR) is 173 cm³/mol. The van der Waals surface area contributed by atoms with Crippen molar-refractivity contribution in [1.82, 2.24) is 10.2 Å². The molecule has 0 aliphatic heterocycles. The summed E-state index contributed by atoms with van der Waals surface area (Å²) in [6.07, 6.45) is 0.812. The fraction of sp³-hybridized carbons (Fsp3) is 0.212. The van der Waals surface area contributed by atoms with Crippen LogP contribution in [0.2, 0.25) is 5.02 Å². The number of hydrogen-bond donors (Lipinski definition) is 1. The smallest absolute Gasteiger partial charge is 0.271 e. The Labute approximate surface area is 267 Å². The summed E-state index contributed by atoms with van der Waals surface area (Å²) in [5.74, 6) is -1.11. The molecule has 0 saturated heterocycles. The minimum absolute atomic E-state index is 0.0749. The van der Waals surface area contributed by atoms with Crippen LogP contribution in [0.5, 0.6) is 0 Å². The van der Waals surface area contributed by atoms with Gasteiger partial charge in [-0.3, -0.25) is 24.0 Å². The Balaban J connectivity index is 1.83. The van der Waals surface area contributed by atoms with Crippen LogP contribution in [-0.2, 0) is 32.6 Å². The van der Waals surface area contributed by atoms with E-state index >= 15 is 0 Å². The molecular formula is C33H33ClN4O6S. The lowest BCUT2D eigenvalue weighted by Gasteiger charge is -2.34. The molecule has 0 aliphatic carbocycles. The Bertz CT molecular complexity index is 1740. The van der Waals surface area contributed by atoms with Crippen molar-refractivity contribution in [3.05, 3.63) is 135 Å². The first kappa shape index (κ1) is 33.2. The fourth-order valence-electron chi connectivity index (χ4n) is 4.74. The van der Waals surface area contributed by atoms with E-state index in [0.717, 1.165) is 15.9 Å². The number of nitrogens with one attached hydrogen (secondary N) is 1. The van der Waals surface area contributed by atoms with E-state index in [1.807, 2.05) is 37.3 Å². The van der Waals surface area contributed by atoms with E-state index in [1.54, 1.807) is 30.3 Å². The van der Waals surface area contributed by atoms with Gasteiger partial charge in [-0.25, -0.2) is 8.42 Å². The number of non-ortho nitro benzene ring substituents is 1. The topological polar surface area (TPSA) is 130 Å². The Morgan fingerprint density at radius 2 is 1.56 bits per heavy atom. The summed E-state index contributed by atoms with van der Waals surface area (Å²) in [7, 11) is -4.39. The van der Waals surface area contributed by atoms with Crippen molar-refractivity contribution in [2.75, 3.05) is 17.4 Å². The van der Waals surface area contributed by atoms with Crippen molar-refractivity contribution in [1.29, 1.82) is 0 Å². The predicted octanol–water partition coefficient (Wildman–Crippen LogP) is 5.61. The van der Waals surface area contributed by atoms with Crippen LogP contribution < -0.4 is 9.62 Å². The summed E-state index contributed by atoms with van der Waals surface area (Å²) in [6, 6.07) is 27.6. The normalized spacial score (nSPS) is 11.8. The summed E-state index contributed by atoms with van der Waals surface area (Å²) in [4.78, 5) is 40.3. The average molecular weight is 649 g/mol. The van der Waals surface area contributed by atoms with Crippen molar-refractivity contribution < 1.29 is 22.9 Å². The van der Waals surface area contributed by atoms with Crippen molar-refractivity contribution in [2.45, 2.75) is 37.2 Å². The van der Waals surface area contributed by atoms with E-state index < -0.39 is 39.3 Å². The summed E-state index contributed by atoms with van der Waals surface area (Å²) < 4.78 is 28.8. The van der Waals surface area contributed by atoms with Gasteiger partial charge in [0.2, 0.25) is 11.8 Å². The number of nitrogens with zero attached hydrogens (tertiary/aromatic N) is 3. The van der Waals surface area contributed by atoms with Crippen LogP contribution in [0.25, 0.3) is 0 Å². The van der Waals surface area contributed by atoms with E-state index in [4.69, 9.17) is 11.6 Å². The van der Waals surface area contributed by atoms with Crippen molar-refractivity contribution in [2.24, 2.45) is 0 Å². The molecule has 45 heavy (non-hydrogen) atoms. The highest BCUT2D eigenvalue weighted by molar-refractivity contribution is 7.92. The van der Waals surface area contributed by atoms with Gasteiger partial charge in [-0.2, -0.15) is 0 Å². The second kappa shape index (κ2) is 15.3. The van der Waals surface area contributed by atoms with Crippen LogP contribution in [0.1, 0.15) is 24.5 Å². The van der Waals surface area contributed by atoms with Gasteiger partial charge >= 0.3 is 0 Å². The highest BCUT2D eigenvalue weighted by atomic mass is 35.5. The first-order valence-electron chi connectivity index (χ1n) is 14.3. The van der Waals surface area contributed by atoms with E-state index in [1.165, 1.54) is 47.4 Å². The third-order valence-corrected chi connectivity index (χ3v) is 9.21. The Kier molecular flexibility index (Phi) is 11.3. The zero-order chi connectivity index (χ0) is 32.4. The average Bonchev–Trinajstić information content (AvgIpc) is 3.05. The third kappa shape index (κ3) is 8.46. The number of nitro groups is 1. The van der Waals surface area contributed by atoms with Gasteiger partial charge in [-0.05, 0) is 41.8 Å². The number of hydrogen-bond acceptors (Lipinski definition) is 6. The largest absolute Gasteiger partial charge is 0.354 e. The number of halogens is 1. The molecule has 2 amide bonds. The maximum Gasteiger partial charge on any atom is 0.271 e. The monoisotopic (exact) mass is 648 g/mol. The zero-order valence-electron chi connectivity index (χ0n) is 24.6. The summed E-state index contributed by atoms with van der Waals surface area (Å²) in [5, 5.41) is 14.8. The number of carbonyl (C=O) groups excluding carboxylic acids is 2. The Morgan fingerprint density at radius 1 is 0.911 bits per heavy atom. The van der Waals surface area contributed by atoms with E-state index in [2.05, 4.69) is 5.32 Å². The van der Waals surface area contributed by atoms with Crippen molar-refractivity contribution in [3.8, 4) is 0 Å². The van der Waals surface area contributed by atoms with Crippen LogP contribution in [0.3, 0.4) is 0 Å². The molecule has 0 bridgehead atoms. The summed E-state index contributed by atoms with van der Waals surface area (Å²) in [5.41, 5.74) is 0.927. The number of nitro benzene ring substituents is 1. The highest BCUT2D eigenvalue weighted by Crippen LogP contribution is 2.28. The molecule has 1 atom stereocenters. The van der Waals surface area contributed by atoms with Crippen molar-refractivity contribution >= 4 is 44.8 Å². The molecule has 12 heteroatoms. The molecule has 0 saturated carbocycles. The minimum atomic E-state index is -4.39. The van der Waals surface area contributed by atoms with Gasteiger partial charge in [0.25, 0.3) is 15.7 Å². The second-order valence-corrected chi connectivity index (χ2v) is 12.5. The molecule has 0 aliphatic rings. The van der Waals surface area contributed by atoms with Crippen LogP contribution in [0.4, 0.5) is 11.4 Å². The van der Waals surface area contributed by atoms with Gasteiger partial charge in [-0.1, -0.05) is 91.3 Å². The maximum atomic E-state index is 14.4. The molecule has 0 radical (unpaired) electrons. The molecule has 0 unspecified atom stereocenters. The van der Waals surface area contributed by atoms with Gasteiger partial charge in [0.15, 0.2) is 0 Å². The number of carbonyl (C=O) groups is 2. The summed E-state index contributed by atoms with van der Waals surface area (Å²) in [6.45, 7) is 1.45. The molecule has 4 aromatic rings. The first-order valence-corrected chi connectivity index (χ1v) is 16.1. The van der Waals surface area contributed by atoms with Crippen LogP contribution in [-0.4, -0.2) is 49.2 Å². The SMILES string of the molecule is CCCNC(=O)[C@@H](Cc1ccccc1)N(Cc1ccccc1Cl)C(=O)CN(c1cccc([N+](=O)[O-])c1)S(=O)(=O)c1ccccc1. The first-order chi connectivity index (χ1) is 21.6. The third-order valence-electron chi connectivity index (χ3n) is 7.06. The Hall–Kier alpha value is -4.74. The molecule has 0 spiro atoms. The van der Waals surface area contributed by atoms with Gasteiger partial charge in [0.05, 0.1) is 15.5 Å². The zero-order valence-corrected chi connectivity index (χ0v) is 26.2. The van der Waals surface area contributed by atoms with Crippen LogP contribution >= 0.6 is 11.6 Å². The fourth-order valence-corrected chi connectivity index (χ4v) is 6.36. The standard InChI is InChI=1S/C33H33ClN4O6S/c1-2-20-35-33(40)31(21-25-12-5-3-6-13-25)36(23-26-14-9-10-19-30(26)34)32(39)24-37(27-15-11-16-28(22-27)38(41)42)45(43,44)29-17-7-4-8-18-29/h3-19,22,31H,2,20-21,23-24H2,1H3,(H,35,40)/t31-/m1/s1. The molecule has 0 heterocycles. The quantitative estimate of drug-likeness (QED) is 0.140. The number of amides is 2. The highest BCUT2D eigenvalue weighted by Gasteiger charge is 2.35. The Morgan fingerprint density at radius 3 is 2.20 bits per heavy atom. The number of sulfonamides is 1. The lowest BCUT2D eigenvalue weighted by Crippen LogP contribution is -2.53. The summed E-state index contributed by atoms with van der Waals surface area (Å²) >= 11 is 6.49. The van der Waals surface area contributed by atoms with E-state index in [9.17, 15) is 28.1 Å².